The molecule has 24 heavy (non-hydrogen) atoms. The summed E-state index contributed by atoms with van der Waals surface area (Å²) in [6, 6.07) is 7.26. The van der Waals surface area contributed by atoms with Gasteiger partial charge in [0.25, 0.3) is 0 Å². The molecule has 0 aromatic heterocycles. The number of benzene rings is 1. The van der Waals surface area contributed by atoms with Gasteiger partial charge in [-0.2, -0.15) is 0 Å². The summed E-state index contributed by atoms with van der Waals surface area (Å²) in [6.07, 6.45) is 11.0. The Morgan fingerprint density at radius 3 is 2.50 bits per heavy atom. The van der Waals surface area contributed by atoms with Gasteiger partial charge in [0.15, 0.2) is 0 Å². The molecule has 132 valence electrons. The van der Waals surface area contributed by atoms with Crippen molar-refractivity contribution in [2.45, 2.75) is 74.8 Å². The molecule has 3 heteroatoms. The van der Waals surface area contributed by atoms with Crippen molar-refractivity contribution in [3.63, 3.8) is 0 Å². The summed E-state index contributed by atoms with van der Waals surface area (Å²) in [7, 11) is 2.23. The number of rotatable bonds is 5. The zero-order valence-corrected chi connectivity index (χ0v) is 17.9. The predicted molar refractivity (Wildman–Crippen MR) is 113 cm³/mol. The summed E-state index contributed by atoms with van der Waals surface area (Å²) >= 11 is 2.77. The van der Waals surface area contributed by atoms with E-state index in [0.29, 0.717) is 6.17 Å². The lowest BCUT2D eigenvalue weighted by Gasteiger charge is -2.57. The highest BCUT2D eigenvalue weighted by Crippen LogP contribution is 2.58. The number of alkyl halides is 1. The number of anilines is 1. The van der Waals surface area contributed by atoms with E-state index in [-0.39, 0.29) is 8.84 Å². The Morgan fingerprint density at radius 1 is 1.12 bits per heavy atom. The van der Waals surface area contributed by atoms with Gasteiger partial charge in [0, 0.05) is 30.5 Å². The van der Waals surface area contributed by atoms with Crippen molar-refractivity contribution in [1.29, 1.82) is 0 Å². The van der Waals surface area contributed by atoms with Crippen LogP contribution in [0.15, 0.2) is 30.6 Å². The first kappa shape index (κ1) is 18.1. The van der Waals surface area contributed by atoms with E-state index in [1.807, 2.05) is 0 Å². The fourth-order valence-corrected chi connectivity index (χ4v) is 6.06. The molecular formula is C21H31IN2. The van der Waals surface area contributed by atoms with Gasteiger partial charge in [-0.05, 0) is 42.9 Å². The van der Waals surface area contributed by atoms with Gasteiger partial charge in [0.1, 0.15) is 6.17 Å². The maximum atomic E-state index is 2.77. The molecule has 2 heterocycles. The van der Waals surface area contributed by atoms with Crippen molar-refractivity contribution in [2.75, 3.05) is 11.9 Å². The monoisotopic (exact) mass is 438 g/mol. The van der Waals surface area contributed by atoms with Crippen molar-refractivity contribution in [2.24, 2.45) is 0 Å². The Balaban J connectivity index is 2.17. The molecule has 0 saturated heterocycles. The molecule has 2 aliphatic heterocycles. The van der Waals surface area contributed by atoms with Crippen LogP contribution in [-0.4, -0.2) is 21.5 Å². The standard InChI is InChI=1S/C21H31IN2/c1-6-9-10-16-11-12-17-18(15-16)24-14-13-23(5)19(24)21(22,8-3)20(17,4)7-2/h11-15,19H,6-10H2,1-5H3. The van der Waals surface area contributed by atoms with E-state index in [1.54, 1.807) is 0 Å². The third kappa shape index (κ3) is 2.41. The number of hydrogen-bond donors (Lipinski definition) is 0. The highest BCUT2D eigenvalue weighted by atomic mass is 127. The number of unbranched alkanes of at least 4 members (excludes halogenated alkanes) is 1. The Morgan fingerprint density at radius 2 is 1.88 bits per heavy atom. The van der Waals surface area contributed by atoms with Crippen LogP contribution in [0.4, 0.5) is 5.69 Å². The molecule has 3 rings (SSSR count). The van der Waals surface area contributed by atoms with Crippen LogP contribution in [0.5, 0.6) is 0 Å². The molecule has 3 unspecified atom stereocenters. The Hall–Kier alpha value is -0.710. The first-order valence-corrected chi connectivity index (χ1v) is 10.5. The van der Waals surface area contributed by atoms with E-state index in [2.05, 4.69) is 97.7 Å². The maximum absolute atomic E-state index is 2.77. The average molecular weight is 438 g/mol. The van der Waals surface area contributed by atoms with Crippen molar-refractivity contribution < 1.29 is 0 Å². The Labute approximate surface area is 161 Å². The predicted octanol–water partition coefficient (Wildman–Crippen LogP) is 5.84. The van der Waals surface area contributed by atoms with Crippen molar-refractivity contribution in [3.05, 3.63) is 41.7 Å². The van der Waals surface area contributed by atoms with E-state index >= 15 is 0 Å². The average Bonchev–Trinajstić information content (AvgIpc) is 3.00. The quantitative estimate of drug-likeness (QED) is 0.421. The number of aryl methyl sites for hydroxylation is 1. The largest absolute Gasteiger partial charge is 0.358 e. The second kappa shape index (κ2) is 6.54. The van der Waals surface area contributed by atoms with Gasteiger partial charge in [0.05, 0.1) is 3.42 Å². The molecule has 0 fully saturated rings. The molecule has 0 spiro atoms. The van der Waals surface area contributed by atoms with E-state index < -0.39 is 0 Å². The molecular weight excluding hydrogens is 407 g/mol. The van der Waals surface area contributed by atoms with Crippen molar-refractivity contribution in [1.82, 2.24) is 4.90 Å². The van der Waals surface area contributed by atoms with Crippen LogP contribution in [0, 0.1) is 0 Å². The maximum Gasteiger partial charge on any atom is 0.121 e. The highest BCUT2D eigenvalue weighted by molar-refractivity contribution is 14.1. The topological polar surface area (TPSA) is 6.48 Å². The zero-order chi connectivity index (χ0) is 17.5. The minimum Gasteiger partial charge on any atom is -0.358 e. The van der Waals surface area contributed by atoms with Crippen LogP contribution in [0.1, 0.15) is 64.5 Å². The van der Waals surface area contributed by atoms with Crippen LogP contribution in [0.3, 0.4) is 0 Å². The van der Waals surface area contributed by atoms with Gasteiger partial charge < -0.3 is 9.80 Å². The molecule has 0 saturated carbocycles. The molecule has 0 aliphatic carbocycles. The fourth-order valence-electron chi connectivity index (χ4n) is 4.65. The Kier molecular flexibility index (Phi) is 4.93. The summed E-state index contributed by atoms with van der Waals surface area (Å²) < 4.78 is 0.190. The van der Waals surface area contributed by atoms with Gasteiger partial charge >= 0.3 is 0 Å². The Bertz CT molecular complexity index is 641. The van der Waals surface area contributed by atoms with E-state index in [9.17, 15) is 0 Å². The summed E-state index contributed by atoms with van der Waals surface area (Å²) in [6.45, 7) is 9.46. The van der Waals surface area contributed by atoms with Gasteiger partial charge in [-0.3, -0.25) is 0 Å². The normalized spacial score (nSPS) is 31.3. The lowest BCUT2D eigenvalue weighted by Crippen LogP contribution is -2.64. The second-order valence-electron chi connectivity index (χ2n) is 7.60. The highest BCUT2D eigenvalue weighted by Gasteiger charge is 2.58. The number of fused-ring (bicyclic) bond motifs is 3. The smallest absolute Gasteiger partial charge is 0.121 e. The molecule has 2 nitrogen and oxygen atoms in total. The van der Waals surface area contributed by atoms with Crippen molar-refractivity contribution >= 4 is 28.3 Å². The van der Waals surface area contributed by atoms with Gasteiger partial charge in [-0.25, -0.2) is 0 Å². The lowest BCUT2D eigenvalue weighted by atomic mass is 9.64. The first-order valence-electron chi connectivity index (χ1n) is 9.43. The first-order chi connectivity index (χ1) is 11.4. The molecule has 0 radical (unpaired) electrons. The van der Waals surface area contributed by atoms with Crippen LogP contribution >= 0.6 is 22.6 Å². The van der Waals surface area contributed by atoms with Crippen LogP contribution in [-0.2, 0) is 11.8 Å². The molecule has 0 amide bonds. The molecule has 2 aliphatic rings. The van der Waals surface area contributed by atoms with Crippen LogP contribution < -0.4 is 4.90 Å². The van der Waals surface area contributed by atoms with E-state index in [1.165, 1.54) is 48.9 Å². The summed E-state index contributed by atoms with van der Waals surface area (Å²) in [4.78, 5) is 4.93. The molecule has 1 aromatic carbocycles. The van der Waals surface area contributed by atoms with Crippen molar-refractivity contribution in [3.8, 4) is 0 Å². The van der Waals surface area contributed by atoms with Crippen LogP contribution in [0.25, 0.3) is 0 Å². The lowest BCUT2D eigenvalue weighted by molar-refractivity contribution is 0.190. The van der Waals surface area contributed by atoms with Gasteiger partial charge in [0.2, 0.25) is 0 Å². The SMILES string of the molecule is CCCCc1ccc2c(c1)N1C=CN(C)C1C(I)(CC)C2(C)CC. The second-order valence-corrected chi connectivity index (χ2v) is 9.53. The summed E-state index contributed by atoms with van der Waals surface area (Å²) in [5.74, 6) is 0. The molecule has 3 atom stereocenters. The number of nitrogens with zero attached hydrogens (tertiary/aromatic N) is 2. The minimum atomic E-state index is 0.183. The molecule has 1 aromatic rings. The number of halogens is 1. The van der Waals surface area contributed by atoms with Gasteiger partial charge in [-0.1, -0.05) is 68.8 Å². The van der Waals surface area contributed by atoms with E-state index in [0.717, 1.165) is 0 Å². The molecule has 0 N–H and O–H groups in total. The summed E-state index contributed by atoms with van der Waals surface area (Å²) in [5, 5.41) is 0. The molecule has 0 bridgehead atoms. The number of hydrogen-bond acceptors (Lipinski definition) is 2. The van der Waals surface area contributed by atoms with Crippen LogP contribution in [0.2, 0.25) is 0 Å². The zero-order valence-electron chi connectivity index (χ0n) is 15.8. The fraction of sp³-hybridized carbons (Fsp3) is 0.619. The minimum absolute atomic E-state index is 0.183. The summed E-state index contributed by atoms with van der Waals surface area (Å²) in [5.41, 5.74) is 4.62. The van der Waals surface area contributed by atoms with E-state index in [4.69, 9.17) is 0 Å². The van der Waals surface area contributed by atoms with Gasteiger partial charge in [-0.15, -0.1) is 0 Å². The third-order valence-electron chi connectivity index (χ3n) is 6.41. The third-order valence-corrected chi connectivity index (χ3v) is 8.92.